The second kappa shape index (κ2) is 7.78. The SMILES string of the molecule is CCOC(=O)CN(CC)S(=O)(=O)c1c(Cl)cc(Br)cc1Cl. The van der Waals surface area contributed by atoms with Crippen molar-refractivity contribution in [1.29, 1.82) is 0 Å². The molecule has 0 heterocycles. The summed E-state index contributed by atoms with van der Waals surface area (Å²) >= 11 is 15.1. The molecule has 118 valence electrons. The van der Waals surface area contributed by atoms with Gasteiger partial charge in [-0.1, -0.05) is 46.1 Å². The Balaban J connectivity index is 3.23. The highest BCUT2D eigenvalue weighted by Crippen LogP contribution is 2.34. The first kappa shape index (κ1) is 18.7. The number of esters is 1. The van der Waals surface area contributed by atoms with Gasteiger partial charge in [0.25, 0.3) is 0 Å². The number of likely N-dealkylation sites (N-methyl/N-ethyl adjacent to an activating group) is 1. The Labute approximate surface area is 142 Å². The van der Waals surface area contributed by atoms with E-state index in [1.54, 1.807) is 13.8 Å². The van der Waals surface area contributed by atoms with Crippen molar-refractivity contribution in [2.24, 2.45) is 0 Å². The van der Waals surface area contributed by atoms with Crippen LogP contribution in [0.1, 0.15) is 13.8 Å². The second-order valence-electron chi connectivity index (χ2n) is 3.93. The van der Waals surface area contributed by atoms with E-state index in [9.17, 15) is 13.2 Å². The lowest BCUT2D eigenvalue weighted by molar-refractivity contribution is -0.143. The predicted molar refractivity (Wildman–Crippen MR) is 85.2 cm³/mol. The molecule has 1 aromatic rings. The summed E-state index contributed by atoms with van der Waals surface area (Å²) in [4.78, 5) is 11.3. The first-order valence-corrected chi connectivity index (χ1v) is 9.03. The second-order valence-corrected chi connectivity index (χ2v) is 7.54. The average molecular weight is 419 g/mol. The summed E-state index contributed by atoms with van der Waals surface area (Å²) in [6.45, 7) is 3.12. The molecule has 1 aromatic carbocycles. The van der Waals surface area contributed by atoms with E-state index in [2.05, 4.69) is 15.9 Å². The van der Waals surface area contributed by atoms with Gasteiger partial charge in [-0.25, -0.2) is 8.42 Å². The minimum absolute atomic E-state index is 0.0170. The smallest absolute Gasteiger partial charge is 0.321 e. The molecule has 0 aliphatic rings. The molecule has 0 saturated heterocycles. The Kier molecular flexibility index (Phi) is 6.93. The van der Waals surface area contributed by atoms with Gasteiger partial charge in [-0.3, -0.25) is 4.79 Å². The number of sulfonamides is 1. The molecule has 0 unspecified atom stereocenters. The minimum atomic E-state index is -3.99. The summed E-state index contributed by atoms with van der Waals surface area (Å²) in [5.41, 5.74) is 0. The van der Waals surface area contributed by atoms with Crippen LogP contribution in [0.5, 0.6) is 0 Å². The van der Waals surface area contributed by atoms with Crippen LogP contribution in [0, 0.1) is 0 Å². The molecule has 9 heteroatoms. The molecule has 0 aromatic heterocycles. The molecule has 21 heavy (non-hydrogen) atoms. The van der Waals surface area contributed by atoms with Crippen LogP contribution >= 0.6 is 39.1 Å². The standard InChI is InChI=1S/C12H14BrCl2NO4S/c1-3-16(7-11(17)20-4-2)21(18,19)12-9(14)5-8(13)6-10(12)15/h5-6H,3-4,7H2,1-2H3. The van der Waals surface area contributed by atoms with Gasteiger partial charge in [-0.05, 0) is 19.1 Å². The quantitative estimate of drug-likeness (QED) is 0.664. The van der Waals surface area contributed by atoms with Crippen LogP contribution in [0.15, 0.2) is 21.5 Å². The fraction of sp³-hybridized carbons (Fsp3) is 0.417. The van der Waals surface area contributed by atoms with Crippen molar-refractivity contribution in [3.05, 3.63) is 26.7 Å². The topological polar surface area (TPSA) is 63.7 Å². The van der Waals surface area contributed by atoms with E-state index in [1.165, 1.54) is 12.1 Å². The highest BCUT2D eigenvalue weighted by Gasteiger charge is 2.30. The maximum Gasteiger partial charge on any atom is 0.321 e. The molecular weight excluding hydrogens is 405 g/mol. The number of hydrogen-bond donors (Lipinski definition) is 0. The number of hydrogen-bond acceptors (Lipinski definition) is 4. The van der Waals surface area contributed by atoms with Gasteiger partial charge in [0, 0.05) is 11.0 Å². The predicted octanol–water partition coefficient (Wildman–Crippen LogP) is 3.33. The van der Waals surface area contributed by atoms with Crippen LogP contribution in [-0.2, 0) is 19.6 Å². The molecule has 0 aliphatic carbocycles. The van der Waals surface area contributed by atoms with E-state index in [0.717, 1.165) is 4.31 Å². The van der Waals surface area contributed by atoms with Crippen LogP contribution in [-0.4, -0.2) is 38.4 Å². The molecular formula is C12H14BrCl2NO4S. The highest BCUT2D eigenvalue weighted by atomic mass is 79.9. The van der Waals surface area contributed by atoms with Gasteiger partial charge in [0.1, 0.15) is 11.4 Å². The average Bonchev–Trinajstić information content (AvgIpc) is 2.34. The Hall–Kier alpha value is -0.340. The number of carbonyl (C=O) groups is 1. The number of carbonyl (C=O) groups excluding carboxylic acids is 1. The van der Waals surface area contributed by atoms with E-state index in [1.807, 2.05) is 0 Å². The van der Waals surface area contributed by atoms with Gasteiger partial charge >= 0.3 is 5.97 Å². The fourth-order valence-electron chi connectivity index (χ4n) is 1.62. The van der Waals surface area contributed by atoms with Gasteiger partial charge < -0.3 is 4.74 Å². The van der Waals surface area contributed by atoms with Crippen LogP contribution < -0.4 is 0 Å². The summed E-state index contributed by atoms with van der Waals surface area (Å²) in [7, 11) is -3.99. The number of ether oxygens (including phenoxy) is 1. The number of nitrogens with zero attached hydrogens (tertiary/aromatic N) is 1. The van der Waals surface area contributed by atoms with Gasteiger partial charge in [0.15, 0.2) is 0 Å². The zero-order chi connectivity index (χ0) is 16.2. The molecule has 0 radical (unpaired) electrons. The maximum absolute atomic E-state index is 12.6. The largest absolute Gasteiger partial charge is 0.465 e. The Morgan fingerprint density at radius 2 is 1.81 bits per heavy atom. The first-order valence-electron chi connectivity index (χ1n) is 6.04. The molecule has 1 rings (SSSR count). The zero-order valence-corrected chi connectivity index (χ0v) is 15.3. The van der Waals surface area contributed by atoms with Crippen LogP contribution in [0.3, 0.4) is 0 Å². The number of rotatable bonds is 6. The third kappa shape index (κ3) is 4.56. The number of benzene rings is 1. The third-order valence-electron chi connectivity index (χ3n) is 2.52. The van der Waals surface area contributed by atoms with Gasteiger partial charge in [-0.2, -0.15) is 4.31 Å². The lowest BCUT2D eigenvalue weighted by Crippen LogP contribution is -2.36. The summed E-state index contributed by atoms with van der Waals surface area (Å²) in [5.74, 6) is -0.632. The molecule has 0 saturated carbocycles. The molecule has 0 fully saturated rings. The highest BCUT2D eigenvalue weighted by molar-refractivity contribution is 9.10. The van der Waals surface area contributed by atoms with Crippen molar-refractivity contribution in [1.82, 2.24) is 4.31 Å². The molecule has 0 N–H and O–H groups in total. The lowest BCUT2D eigenvalue weighted by Gasteiger charge is -2.21. The lowest BCUT2D eigenvalue weighted by atomic mass is 10.4. The Morgan fingerprint density at radius 1 is 1.29 bits per heavy atom. The van der Waals surface area contributed by atoms with E-state index in [0.29, 0.717) is 4.47 Å². The minimum Gasteiger partial charge on any atom is -0.465 e. The Bertz CT molecular complexity index is 613. The van der Waals surface area contributed by atoms with Crippen molar-refractivity contribution in [2.45, 2.75) is 18.7 Å². The normalized spacial score (nSPS) is 11.7. The molecule has 0 spiro atoms. The molecule has 0 bridgehead atoms. The van der Waals surface area contributed by atoms with Crippen molar-refractivity contribution >= 4 is 55.1 Å². The van der Waals surface area contributed by atoms with E-state index < -0.39 is 22.5 Å². The van der Waals surface area contributed by atoms with E-state index in [-0.39, 0.29) is 28.1 Å². The summed E-state index contributed by atoms with van der Waals surface area (Å²) in [6, 6.07) is 2.86. The summed E-state index contributed by atoms with van der Waals surface area (Å²) < 4.78 is 31.5. The van der Waals surface area contributed by atoms with E-state index >= 15 is 0 Å². The van der Waals surface area contributed by atoms with Gasteiger partial charge in [0.2, 0.25) is 10.0 Å². The Morgan fingerprint density at radius 3 is 2.24 bits per heavy atom. The van der Waals surface area contributed by atoms with Gasteiger partial charge in [0.05, 0.1) is 16.7 Å². The molecule has 0 atom stereocenters. The molecule has 0 amide bonds. The maximum atomic E-state index is 12.6. The summed E-state index contributed by atoms with van der Waals surface area (Å²) in [6.07, 6.45) is 0. The van der Waals surface area contributed by atoms with Crippen LogP contribution in [0.2, 0.25) is 10.0 Å². The van der Waals surface area contributed by atoms with Crippen molar-refractivity contribution in [3.63, 3.8) is 0 Å². The van der Waals surface area contributed by atoms with Crippen LogP contribution in [0.25, 0.3) is 0 Å². The third-order valence-corrected chi connectivity index (χ3v) is 5.83. The molecule has 5 nitrogen and oxygen atoms in total. The molecule has 0 aliphatic heterocycles. The monoisotopic (exact) mass is 417 g/mol. The fourth-order valence-corrected chi connectivity index (χ4v) is 4.90. The van der Waals surface area contributed by atoms with Crippen LogP contribution in [0.4, 0.5) is 0 Å². The van der Waals surface area contributed by atoms with Gasteiger partial charge in [-0.15, -0.1) is 0 Å². The first-order chi connectivity index (χ1) is 9.73. The van der Waals surface area contributed by atoms with Crippen molar-refractivity contribution in [2.75, 3.05) is 19.7 Å². The summed E-state index contributed by atoms with van der Waals surface area (Å²) in [5, 5.41) is -0.0339. The zero-order valence-electron chi connectivity index (χ0n) is 11.4. The van der Waals surface area contributed by atoms with E-state index in [4.69, 9.17) is 27.9 Å². The van der Waals surface area contributed by atoms with Crippen molar-refractivity contribution < 1.29 is 17.9 Å². The van der Waals surface area contributed by atoms with Crippen molar-refractivity contribution in [3.8, 4) is 0 Å². The number of halogens is 3.